The molecule has 2 atom stereocenters. The van der Waals surface area contributed by atoms with E-state index < -0.39 is 12.0 Å². The molecule has 98 valence electrons. The van der Waals surface area contributed by atoms with Crippen LogP contribution < -0.4 is 11.5 Å². The summed E-state index contributed by atoms with van der Waals surface area (Å²) < 4.78 is 0. The first-order valence-electron chi connectivity index (χ1n) is 6.40. The monoisotopic (exact) mass is 241 g/mol. The third kappa shape index (κ3) is 5.68. The summed E-state index contributed by atoms with van der Waals surface area (Å²) in [5.74, 6) is -0.142. The Hall–Kier alpha value is -1.10. The van der Waals surface area contributed by atoms with Gasteiger partial charge in [-0.2, -0.15) is 0 Å². The number of hydrogen-bond donors (Lipinski definition) is 3. The number of unbranched alkanes of at least 4 members (excludes halogenated alkanes) is 1. The van der Waals surface area contributed by atoms with Crippen LogP contribution in [0.2, 0.25) is 0 Å². The van der Waals surface area contributed by atoms with Crippen LogP contribution in [0.15, 0.2) is 4.99 Å². The van der Waals surface area contributed by atoms with Crippen molar-refractivity contribution < 1.29 is 9.90 Å². The van der Waals surface area contributed by atoms with Crippen molar-refractivity contribution in [2.75, 3.05) is 0 Å². The Labute approximate surface area is 102 Å². The summed E-state index contributed by atoms with van der Waals surface area (Å²) in [4.78, 5) is 15.0. The molecule has 0 aromatic heterocycles. The highest BCUT2D eigenvalue weighted by molar-refractivity contribution is 5.80. The van der Waals surface area contributed by atoms with Crippen molar-refractivity contribution in [1.29, 1.82) is 0 Å². The van der Waals surface area contributed by atoms with Crippen LogP contribution in [0, 0.1) is 0 Å². The van der Waals surface area contributed by atoms with Crippen LogP contribution in [0.5, 0.6) is 0 Å². The van der Waals surface area contributed by atoms with Crippen molar-refractivity contribution in [3.63, 3.8) is 0 Å². The Balaban J connectivity index is 2.17. The first kappa shape index (κ1) is 14.0. The van der Waals surface area contributed by atoms with E-state index >= 15 is 0 Å². The van der Waals surface area contributed by atoms with Gasteiger partial charge in [-0.3, -0.25) is 9.79 Å². The van der Waals surface area contributed by atoms with Crippen LogP contribution in [0.25, 0.3) is 0 Å². The lowest BCUT2D eigenvalue weighted by molar-refractivity contribution is -0.138. The Bertz CT molecular complexity index is 279. The topological polar surface area (TPSA) is 102 Å². The molecule has 0 amide bonds. The Morgan fingerprint density at radius 1 is 1.47 bits per heavy atom. The van der Waals surface area contributed by atoms with Gasteiger partial charge in [0.1, 0.15) is 6.04 Å². The summed E-state index contributed by atoms with van der Waals surface area (Å²) in [6.45, 7) is 0. The molecule has 0 saturated heterocycles. The molecule has 0 spiro atoms. The molecule has 1 aliphatic rings. The molecule has 0 aliphatic carbocycles. The second-order valence-corrected chi connectivity index (χ2v) is 4.75. The number of amidine groups is 1. The average Bonchev–Trinajstić information content (AvgIpc) is 2.48. The summed E-state index contributed by atoms with van der Waals surface area (Å²) >= 11 is 0. The fraction of sp³-hybridized carbons (Fsp3) is 0.833. The number of carbonyl (C=O) groups is 1. The molecule has 0 aromatic carbocycles. The molecule has 0 fully saturated rings. The van der Waals surface area contributed by atoms with Gasteiger partial charge in [-0.05, 0) is 25.7 Å². The average molecular weight is 241 g/mol. The third-order valence-electron chi connectivity index (χ3n) is 3.19. The molecule has 1 heterocycles. The number of aliphatic carboxylic acids is 1. The van der Waals surface area contributed by atoms with Crippen molar-refractivity contribution in [2.24, 2.45) is 16.5 Å². The standard InChI is InChI=1S/C12H23N3O2/c13-10(12(16)17)7-3-1-5-9-6-2-4-8-11(14)15-9/h9-10H,1-8,13H2,(H2,14,15)(H,16,17)/t9?,10-/m0/s1. The van der Waals surface area contributed by atoms with Crippen LogP contribution >= 0.6 is 0 Å². The molecule has 0 saturated carbocycles. The second-order valence-electron chi connectivity index (χ2n) is 4.75. The van der Waals surface area contributed by atoms with Crippen LogP contribution in [-0.4, -0.2) is 29.0 Å². The molecule has 0 bridgehead atoms. The predicted molar refractivity (Wildman–Crippen MR) is 68.0 cm³/mol. The molecule has 1 unspecified atom stereocenters. The lowest BCUT2D eigenvalue weighted by Gasteiger charge is -2.11. The van der Waals surface area contributed by atoms with Crippen LogP contribution in [-0.2, 0) is 4.79 Å². The van der Waals surface area contributed by atoms with Crippen molar-refractivity contribution in [3.05, 3.63) is 0 Å². The normalized spacial score (nSPS) is 22.6. The molecule has 0 aromatic rings. The van der Waals surface area contributed by atoms with Crippen LogP contribution in [0.3, 0.4) is 0 Å². The quantitative estimate of drug-likeness (QED) is 0.609. The van der Waals surface area contributed by atoms with Crippen LogP contribution in [0.1, 0.15) is 51.4 Å². The van der Waals surface area contributed by atoms with E-state index in [2.05, 4.69) is 4.99 Å². The molecule has 5 N–H and O–H groups in total. The van der Waals surface area contributed by atoms with E-state index in [-0.39, 0.29) is 0 Å². The fourth-order valence-electron chi connectivity index (χ4n) is 2.13. The summed E-state index contributed by atoms with van der Waals surface area (Å²) in [6.07, 6.45) is 7.70. The molecule has 5 nitrogen and oxygen atoms in total. The third-order valence-corrected chi connectivity index (χ3v) is 3.19. The maximum atomic E-state index is 10.5. The number of nitrogens with two attached hydrogens (primary N) is 2. The minimum Gasteiger partial charge on any atom is -0.480 e. The summed E-state index contributed by atoms with van der Waals surface area (Å²) in [7, 11) is 0. The van der Waals surface area contributed by atoms with Gasteiger partial charge >= 0.3 is 5.97 Å². The summed E-state index contributed by atoms with van der Waals surface area (Å²) in [6, 6.07) is -0.392. The van der Waals surface area contributed by atoms with Gasteiger partial charge in [0.05, 0.1) is 11.9 Å². The largest absolute Gasteiger partial charge is 0.480 e. The van der Waals surface area contributed by atoms with Crippen molar-refractivity contribution >= 4 is 11.8 Å². The van der Waals surface area contributed by atoms with E-state index in [0.29, 0.717) is 12.5 Å². The van der Waals surface area contributed by atoms with Crippen LogP contribution in [0.4, 0.5) is 0 Å². The smallest absolute Gasteiger partial charge is 0.320 e. The number of nitrogens with zero attached hydrogens (tertiary/aromatic N) is 1. The highest BCUT2D eigenvalue weighted by atomic mass is 16.4. The van der Waals surface area contributed by atoms with Crippen molar-refractivity contribution in [2.45, 2.75) is 63.5 Å². The zero-order valence-electron chi connectivity index (χ0n) is 10.3. The maximum Gasteiger partial charge on any atom is 0.320 e. The highest BCUT2D eigenvalue weighted by Crippen LogP contribution is 2.17. The minimum atomic E-state index is -0.915. The van der Waals surface area contributed by atoms with E-state index in [1.165, 1.54) is 6.42 Å². The fourth-order valence-corrected chi connectivity index (χ4v) is 2.13. The number of carboxylic acid groups (broad SMARTS) is 1. The van der Waals surface area contributed by atoms with Gasteiger partial charge in [-0.1, -0.05) is 19.3 Å². The van der Waals surface area contributed by atoms with Gasteiger partial charge in [0.25, 0.3) is 0 Å². The van der Waals surface area contributed by atoms with Gasteiger partial charge < -0.3 is 16.6 Å². The van der Waals surface area contributed by atoms with Crippen molar-refractivity contribution in [3.8, 4) is 0 Å². The second kappa shape index (κ2) is 7.27. The van der Waals surface area contributed by atoms with E-state index in [1.807, 2.05) is 0 Å². The number of hydrogen-bond acceptors (Lipinski definition) is 4. The van der Waals surface area contributed by atoms with Gasteiger partial charge in [0.15, 0.2) is 0 Å². The van der Waals surface area contributed by atoms with Gasteiger partial charge in [0.2, 0.25) is 0 Å². The summed E-state index contributed by atoms with van der Waals surface area (Å²) in [5.41, 5.74) is 11.2. The SMILES string of the molecule is NC1=NC(CCCC[C@H](N)C(=O)O)CCCC1. The molecule has 5 heteroatoms. The number of aliphatic imine (C=N–C) groups is 1. The highest BCUT2D eigenvalue weighted by Gasteiger charge is 2.13. The Morgan fingerprint density at radius 3 is 2.94 bits per heavy atom. The maximum absolute atomic E-state index is 10.5. The Morgan fingerprint density at radius 2 is 2.24 bits per heavy atom. The van der Waals surface area contributed by atoms with E-state index in [0.717, 1.165) is 44.4 Å². The van der Waals surface area contributed by atoms with Crippen molar-refractivity contribution in [1.82, 2.24) is 0 Å². The summed E-state index contributed by atoms with van der Waals surface area (Å²) in [5, 5.41) is 8.64. The number of rotatable bonds is 6. The number of carboxylic acids is 1. The zero-order chi connectivity index (χ0) is 12.7. The van der Waals surface area contributed by atoms with E-state index in [1.54, 1.807) is 0 Å². The lowest BCUT2D eigenvalue weighted by atomic mass is 10.0. The molecule has 1 rings (SSSR count). The minimum absolute atomic E-state index is 0.332. The molecule has 0 radical (unpaired) electrons. The molecule has 17 heavy (non-hydrogen) atoms. The van der Waals surface area contributed by atoms with Gasteiger partial charge in [-0.25, -0.2) is 0 Å². The first-order valence-corrected chi connectivity index (χ1v) is 6.40. The molecular formula is C12H23N3O2. The van der Waals surface area contributed by atoms with Gasteiger partial charge in [-0.15, -0.1) is 0 Å². The van der Waals surface area contributed by atoms with E-state index in [4.69, 9.17) is 16.6 Å². The first-order chi connectivity index (χ1) is 8.09. The molecule has 1 aliphatic heterocycles. The zero-order valence-corrected chi connectivity index (χ0v) is 10.3. The lowest BCUT2D eigenvalue weighted by Crippen LogP contribution is -2.29. The van der Waals surface area contributed by atoms with Gasteiger partial charge in [0, 0.05) is 6.42 Å². The molecular weight excluding hydrogens is 218 g/mol. The van der Waals surface area contributed by atoms with E-state index in [9.17, 15) is 4.79 Å². The Kier molecular flexibility index (Phi) is 5.97. The predicted octanol–water partition coefficient (Wildman–Crippen LogP) is 1.26.